The molecule has 0 atom stereocenters. The minimum Gasteiger partial charge on any atom is -0.484 e. The molecule has 1 aromatic heterocycles. The van der Waals surface area contributed by atoms with Crippen LogP contribution in [-0.4, -0.2) is 38.7 Å². The molecule has 0 saturated heterocycles. The van der Waals surface area contributed by atoms with E-state index < -0.39 is 0 Å². The van der Waals surface area contributed by atoms with Crippen molar-refractivity contribution in [3.63, 3.8) is 0 Å². The summed E-state index contributed by atoms with van der Waals surface area (Å²) in [7, 11) is 0. The Morgan fingerprint density at radius 1 is 1.24 bits per heavy atom. The Kier molecular flexibility index (Phi) is 3.60. The Balaban J connectivity index is 1.61. The zero-order valence-corrected chi connectivity index (χ0v) is 12.2. The van der Waals surface area contributed by atoms with Crippen molar-refractivity contribution in [1.29, 1.82) is 0 Å². The second-order valence-electron chi connectivity index (χ2n) is 5.18. The maximum absolute atomic E-state index is 12.2. The van der Waals surface area contributed by atoms with Gasteiger partial charge in [0.1, 0.15) is 11.6 Å². The minimum atomic E-state index is -0.0230. The van der Waals surface area contributed by atoms with Crippen molar-refractivity contribution >= 4 is 5.91 Å². The number of benzene rings is 1. The van der Waals surface area contributed by atoms with E-state index in [1.54, 1.807) is 4.90 Å². The van der Waals surface area contributed by atoms with E-state index in [4.69, 9.17) is 4.74 Å². The predicted molar refractivity (Wildman–Crippen MR) is 76.9 cm³/mol. The van der Waals surface area contributed by atoms with Gasteiger partial charge < -0.3 is 14.2 Å². The molecule has 0 fully saturated rings. The number of fused-ring (bicyclic) bond motifs is 1. The molecule has 0 spiro atoms. The van der Waals surface area contributed by atoms with Crippen molar-refractivity contribution in [2.24, 2.45) is 0 Å². The van der Waals surface area contributed by atoms with Gasteiger partial charge in [0.2, 0.25) is 0 Å². The Labute approximate surface area is 123 Å². The predicted octanol–water partition coefficient (Wildman–Crippen LogP) is 1.32. The van der Waals surface area contributed by atoms with Crippen molar-refractivity contribution in [3.05, 3.63) is 41.5 Å². The number of para-hydroxylation sites is 1. The maximum Gasteiger partial charge on any atom is 0.260 e. The third kappa shape index (κ3) is 2.74. The first kappa shape index (κ1) is 13.6. The maximum atomic E-state index is 12.2. The third-order valence-corrected chi connectivity index (χ3v) is 3.74. The molecular formula is C15H18N4O2. The summed E-state index contributed by atoms with van der Waals surface area (Å²) < 4.78 is 7.66. The van der Waals surface area contributed by atoms with Crippen LogP contribution in [0.1, 0.15) is 17.2 Å². The van der Waals surface area contributed by atoms with Crippen LogP contribution in [0.3, 0.4) is 0 Å². The molecule has 0 unspecified atom stereocenters. The lowest BCUT2D eigenvalue weighted by atomic mass is 10.2. The summed E-state index contributed by atoms with van der Waals surface area (Å²) >= 11 is 0. The Morgan fingerprint density at radius 2 is 2.05 bits per heavy atom. The molecule has 6 heteroatoms. The van der Waals surface area contributed by atoms with Crippen LogP contribution in [0, 0.1) is 13.8 Å². The zero-order chi connectivity index (χ0) is 14.8. The monoisotopic (exact) mass is 286 g/mol. The number of ether oxygens (including phenoxy) is 1. The van der Waals surface area contributed by atoms with Gasteiger partial charge in [0, 0.05) is 13.1 Å². The van der Waals surface area contributed by atoms with Crippen LogP contribution < -0.4 is 4.74 Å². The lowest BCUT2D eigenvalue weighted by Gasteiger charge is -2.27. The number of aryl methyl sites for hydroxylation is 2. The molecule has 2 aromatic rings. The van der Waals surface area contributed by atoms with Crippen molar-refractivity contribution in [2.45, 2.75) is 26.9 Å². The molecule has 0 radical (unpaired) electrons. The van der Waals surface area contributed by atoms with E-state index in [0.717, 1.165) is 29.5 Å². The molecule has 0 saturated carbocycles. The van der Waals surface area contributed by atoms with Crippen molar-refractivity contribution in [2.75, 3.05) is 13.2 Å². The lowest BCUT2D eigenvalue weighted by molar-refractivity contribution is -0.134. The van der Waals surface area contributed by atoms with Gasteiger partial charge in [0.15, 0.2) is 12.4 Å². The first-order chi connectivity index (χ1) is 10.1. The minimum absolute atomic E-state index is 0.0230. The van der Waals surface area contributed by atoms with E-state index in [0.29, 0.717) is 13.1 Å². The second kappa shape index (κ2) is 5.55. The normalized spacial score (nSPS) is 13.9. The molecule has 1 amide bonds. The Hall–Kier alpha value is -2.37. The average Bonchev–Trinajstić information content (AvgIpc) is 2.87. The highest BCUT2D eigenvalue weighted by Crippen LogP contribution is 2.17. The number of aromatic nitrogens is 3. The number of hydrogen-bond acceptors (Lipinski definition) is 4. The first-order valence-corrected chi connectivity index (χ1v) is 7.00. The van der Waals surface area contributed by atoms with E-state index >= 15 is 0 Å². The Bertz CT molecular complexity index is 665. The molecule has 21 heavy (non-hydrogen) atoms. The summed E-state index contributed by atoms with van der Waals surface area (Å²) in [4.78, 5) is 14.0. The molecule has 0 aliphatic carbocycles. The van der Waals surface area contributed by atoms with Gasteiger partial charge in [-0.05, 0) is 25.5 Å². The second-order valence-corrected chi connectivity index (χ2v) is 5.18. The van der Waals surface area contributed by atoms with Gasteiger partial charge in [0.05, 0.1) is 6.54 Å². The fourth-order valence-electron chi connectivity index (χ4n) is 2.47. The molecule has 0 bridgehead atoms. The molecule has 1 aliphatic heterocycles. The van der Waals surface area contributed by atoms with Crippen LogP contribution in [0.15, 0.2) is 24.3 Å². The summed E-state index contributed by atoms with van der Waals surface area (Å²) in [6.07, 6.45) is 0. The number of hydrogen-bond donors (Lipinski definition) is 0. The van der Waals surface area contributed by atoms with Gasteiger partial charge in [-0.15, -0.1) is 10.2 Å². The van der Waals surface area contributed by atoms with Gasteiger partial charge >= 0.3 is 0 Å². The van der Waals surface area contributed by atoms with E-state index in [1.807, 2.05) is 42.7 Å². The fraction of sp³-hybridized carbons (Fsp3) is 0.400. The van der Waals surface area contributed by atoms with Crippen LogP contribution >= 0.6 is 0 Å². The van der Waals surface area contributed by atoms with Crippen LogP contribution in [-0.2, 0) is 17.9 Å². The summed E-state index contributed by atoms with van der Waals surface area (Å²) in [5, 5.41) is 8.14. The summed E-state index contributed by atoms with van der Waals surface area (Å²) in [5.41, 5.74) is 1.03. The molecule has 0 N–H and O–H groups in total. The molecule has 6 nitrogen and oxygen atoms in total. The van der Waals surface area contributed by atoms with Gasteiger partial charge in [0.25, 0.3) is 5.91 Å². The quantitative estimate of drug-likeness (QED) is 0.853. The van der Waals surface area contributed by atoms with E-state index in [9.17, 15) is 4.79 Å². The average molecular weight is 286 g/mol. The van der Waals surface area contributed by atoms with Gasteiger partial charge in [-0.1, -0.05) is 18.2 Å². The standard InChI is InChI=1S/C15H18N4O2/c1-11-5-3-4-6-13(11)21-10-15(20)18-7-8-19-12(2)16-17-14(19)9-18/h3-6H,7-10H2,1-2H3. The summed E-state index contributed by atoms with van der Waals surface area (Å²) in [5.74, 6) is 2.46. The van der Waals surface area contributed by atoms with Crippen LogP contribution in [0.2, 0.25) is 0 Å². The van der Waals surface area contributed by atoms with E-state index in [1.165, 1.54) is 0 Å². The smallest absolute Gasteiger partial charge is 0.260 e. The van der Waals surface area contributed by atoms with Gasteiger partial charge in [-0.2, -0.15) is 0 Å². The van der Waals surface area contributed by atoms with Crippen molar-refractivity contribution < 1.29 is 9.53 Å². The molecule has 2 heterocycles. The molecule has 1 aliphatic rings. The largest absolute Gasteiger partial charge is 0.484 e. The first-order valence-electron chi connectivity index (χ1n) is 7.00. The van der Waals surface area contributed by atoms with Crippen molar-refractivity contribution in [1.82, 2.24) is 19.7 Å². The number of amides is 1. The van der Waals surface area contributed by atoms with E-state index in [-0.39, 0.29) is 12.5 Å². The van der Waals surface area contributed by atoms with Crippen LogP contribution in [0.25, 0.3) is 0 Å². The van der Waals surface area contributed by atoms with Crippen LogP contribution in [0.4, 0.5) is 0 Å². The lowest BCUT2D eigenvalue weighted by Crippen LogP contribution is -2.41. The topological polar surface area (TPSA) is 60.2 Å². The van der Waals surface area contributed by atoms with E-state index in [2.05, 4.69) is 10.2 Å². The number of carbonyl (C=O) groups is 1. The molecular weight excluding hydrogens is 268 g/mol. The molecule has 110 valence electrons. The Morgan fingerprint density at radius 3 is 2.86 bits per heavy atom. The van der Waals surface area contributed by atoms with Gasteiger partial charge in [-0.25, -0.2) is 0 Å². The van der Waals surface area contributed by atoms with Gasteiger partial charge in [-0.3, -0.25) is 4.79 Å². The third-order valence-electron chi connectivity index (χ3n) is 3.74. The zero-order valence-electron chi connectivity index (χ0n) is 12.2. The highest BCUT2D eigenvalue weighted by Gasteiger charge is 2.23. The number of nitrogens with zero attached hydrogens (tertiary/aromatic N) is 4. The highest BCUT2D eigenvalue weighted by atomic mass is 16.5. The fourth-order valence-corrected chi connectivity index (χ4v) is 2.47. The SMILES string of the molecule is Cc1ccccc1OCC(=O)N1CCn2c(C)nnc2C1. The molecule has 3 rings (SSSR count). The number of carbonyl (C=O) groups excluding carboxylic acids is 1. The van der Waals surface area contributed by atoms with Crippen molar-refractivity contribution in [3.8, 4) is 5.75 Å². The highest BCUT2D eigenvalue weighted by molar-refractivity contribution is 5.77. The van der Waals surface area contributed by atoms with Crippen LogP contribution in [0.5, 0.6) is 5.75 Å². The summed E-state index contributed by atoms with van der Waals surface area (Å²) in [6, 6.07) is 7.69. The number of rotatable bonds is 3. The molecule has 1 aromatic carbocycles. The summed E-state index contributed by atoms with van der Waals surface area (Å²) in [6.45, 7) is 5.85.